The second kappa shape index (κ2) is 6.83. The van der Waals surface area contributed by atoms with Crippen LogP contribution in [0, 0.1) is 17.7 Å². The minimum atomic E-state index is -0.533. The Balaban J connectivity index is 1.65. The Bertz CT molecular complexity index is 761. The van der Waals surface area contributed by atoms with E-state index in [1.54, 1.807) is 0 Å². The molecule has 2 atom stereocenters. The number of amides is 2. The topological polar surface area (TPSA) is 58.2 Å². The van der Waals surface area contributed by atoms with E-state index in [4.69, 9.17) is 0 Å². The van der Waals surface area contributed by atoms with Crippen molar-refractivity contribution in [1.82, 2.24) is 0 Å². The predicted molar refractivity (Wildman–Crippen MR) is 91.1 cm³/mol. The summed E-state index contributed by atoms with van der Waals surface area (Å²) in [4.78, 5) is 24.0. The normalized spacial score (nSPS) is 18.8. The molecule has 2 aromatic rings. The van der Waals surface area contributed by atoms with Gasteiger partial charge in [-0.15, -0.1) is 0 Å². The van der Waals surface area contributed by atoms with Gasteiger partial charge in [-0.1, -0.05) is 37.3 Å². The Morgan fingerprint density at radius 2 is 1.83 bits per heavy atom. The van der Waals surface area contributed by atoms with E-state index in [0.29, 0.717) is 11.6 Å². The second-order valence-corrected chi connectivity index (χ2v) is 6.21. The highest BCUT2D eigenvalue weighted by molar-refractivity contribution is 5.96. The van der Waals surface area contributed by atoms with Gasteiger partial charge in [-0.25, -0.2) is 4.39 Å². The first-order valence-corrected chi connectivity index (χ1v) is 7.97. The summed E-state index contributed by atoms with van der Waals surface area (Å²) < 4.78 is 13.9. The molecule has 2 amide bonds. The fraction of sp³-hybridized carbons (Fsp3) is 0.263. The van der Waals surface area contributed by atoms with Crippen molar-refractivity contribution >= 4 is 23.2 Å². The lowest BCUT2D eigenvalue weighted by molar-refractivity contribution is -0.117. The first-order valence-electron chi connectivity index (χ1n) is 7.97. The van der Waals surface area contributed by atoms with Crippen molar-refractivity contribution in [3.63, 3.8) is 0 Å². The molecular formula is C19H19FN2O2. The first-order chi connectivity index (χ1) is 11.5. The van der Waals surface area contributed by atoms with Gasteiger partial charge in [0.1, 0.15) is 5.82 Å². The molecule has 0 aliphatic heterocycles. The van der Waals surface area contributed by atoms with Crippen LogP contribution in [-0.2, 0) is 16.0 Å². The highest BCUT2D eigenvalue weighted by atomic mass is 19.1. The van der Waals surface area contributed by atoms with Gasteiger partial charge in [0.05, 0.1) is 12.1 Å². The molecule has 2 aromatic carbocycles. The smallest absolute Gasteiger partial charge is 0.228 e. The van der Waals surface area contributed by atoms with Crippen LogP contribution >= 0.6 is 0 Å². The molecule has 4 nitrogen and oxygen atoms in total. The maximum Gasteiger partial charge on any atom is 0.228 e. The molecule has 1 aliphatic rings. The van der Waals surface area contributed by atoms with E-state index in [1.807, 2.05) is 37.3 Å². The molecule has 2 unspecified atom stereocenters. The lowest BCUT2D eigenvalue weighted by Crippen LogP contribution is -2.17. The Kier molecular flexibility index (Phi) is 4.60. The number of hydrogen-bond acceptors (Lipinski definition) is 2. The summed E-state index contributed by atoms with van der Waals surface area (Å²) in [5, 5.41) is 5.33. The Labute approximate surface area is 140 Å². The maximum atomic E-state index is 13.9. The monoisotopic (exact) mass is 326 g/mol. The third-order valence-electron chi connectivity index (χ3n) is 4.16. The first kappa shape index (κ1) is 16.2. The Morgan fingerprint density at radius 1 is 1.12 bits per heavy atom. The average Bonchev–Trinajstić information content (AvgIpc) is 3.28. The van der Waals surface area contributed by atoms with Crippen LogP contribution in [0.5, 0.6) is 0 Å². The van der Waals surface area contributed by atoms with Gasteiger partial charge in [0.2, 0.25) is 11.8 Å². The molecule has 1 saturated carbocycles. The van der Waals surface area contributed by atoms with Crippen LogP contribution in [-0.4, -0.2) is 11.8 Å². The number of carbonyl (C=O) groups excluding carboxylic acids is 2. The van der Waals surface area contributed by atoms with E-state index in [-0.39, 0.29) is 29.8 Å². The van der Waals surface area contributed by atoms with Gasteiger partial charge in [0, 0.05) is 11.6 Å². The number of halogens is 1. The molecule has 3 rings (SSSR count). The molecule has 1 aliphatic carbocycles. The minimum Gasteiger partial charge on any atom is -0.326 e. The summed E-state index contributed by atoms with van der Waals surface area (Å²) in [6, 6.07) is 13.4. The van der Waals surface area contributed by atoms with Gasteiger partial charge in [-0.05, 0) is 36.1 Å². The highest BCUT2D eigenvalue weighted by Gasteiger charge is 2.39. The van der Waals surface area contributed by atoms with Gasteiger partial charge in [-0.3, -0.25) is 9.59 Å². The fourth-order valence-corrected chi connectivity index (χ4v) is 2.60. The maximum absolute atomic E-state index is 13.9. The summed E-state index contributed by atoms with van der Waals surface area (Å²) in [6.45, 7) is 2.02. The molecule has 24 heavy (non-hydrogen) atoms. The number of carbonyl (C=O) groups is 2. The van der Waals surface area contributed by atoms with Crippen LogP contribution in [0.1, 0.15) is 18.9 Å². The Morgan fingerprint density at radius 3 is 2.50 bits per heavy atom. The summed E-state index contributed by atoms with van der Waals surface area (Å²) in [5.74, 6) is -0.467. The summed E-state index contributed by atoms with van der Waals surface area (Å²) in [5.41, 5.74) is 1.40. The van der Waals surface area contributed by atoms with Crippen LogP contribution < -0.4 is 10.6 Å². The predicted octanol–water partition coefficient (Wildman–Crippen LogP) is 3.60. The van der Waals surface area contributed by atoms with Gasteiger partial charge in [-0.2, -0.15) is 0 Å². The molecule has 0 spiro atoms. The number of nitrogens with one attached hydrogen (secondary N) is 2. The zero-order valence-electron chi connectivity index (χ0n) is 13.4. The van der Waals surface area contributed by atoms with Gasteiger partial charge < -0.3 is 10.6 Å². The minimum absolute atomic E-state index is 0.0335. The van der Waals surface area contributed by atoms with E-state index in [9.17, 15) is 14.0 Å². The molecule has 0 saturated heterocycles. The molecule has 124 valence electrons. The number of anilines is 2. The van der Waals surface area contributed by atoms with Crippen molar-refractivity contribution in [3.8, 4) is 0 Å². The lowest BCUT2D eigenvalue weighted by atomic mass is 10.1. The van der Waals surface area contributed by atoms with Gasteiger partial charge in [0.15, 0.2) is 0 Å². The van der Waals surface area contributed by atoms with Gasteiger partial charge in [0.25, 0.3) is 0 Å². The number of benzene rings is 2. The largest absolute Gasteiger partial charge is 0.326 e. The van der Waals surface area contributed by atoms with Crippen LogP contribution in [0.2, 0.25) is 0 Å². The molecule has 0 heterocycles. The van der Waals surface area contributed by atoms with E-state index in [1.165, 1.54) is 18.2 Å². The Hall–Kier alpha value is -2.69. The van der Waals surface area contributed by atoms with Gasteiger partial charge >= 0.3 is 0 Å². The number of rotatable bonds is 5. The average molecular weight is 326 g/mol. The molecule has 0 radical (unpaired) electrons. The van der Waals surface area contributed by atoms with Crippen LogP contribution in [0.25, 0.3) is 0 Å². The summed E-state index contributed by atoms with van der Waals surface area (Å²) in [7, 11) is 0. The van der Waals surface area contributed by atoms with E-state index in [2.05, 4.69) is 10.6 Å². The van der Waals surface area contributed by atoms with Crippen LogP contribution in [0.3, 0.4) is 0 Å². The zero-order valence-corrected chi connectivity index (χ0v) is 13.4. The molecule has 0 aromatic heterocycles. The lowest BCUT2D eigenvalue weighted by Gasteiger charge is -2.10. The van der Waals surface area contributed by atoms with Crippen molar-refractivity contribution in [1.29, 1.82) is 0 Å². The van der Waals surface area contributed by atoms with E-state index >= 15 is 0 Å². The van der Waals surface area contributed by atoms with Crippen molar-refractivity contribution in [3.05, 3.63) is 59.9 Å². The second-order valence-electron chi connectivity index (χ2n) is 6.21. The third kappa shape index (κ3) is 3.98. The number of hydrogen-bond donors (Lipinski definition) is 2. The van der Waals surface area contributed by atoms with Crippen LogP contribution in [0.15, 0.2) is 48.5 Å². The quantitative estimate of drug-likeness (QED) is 0.882. The molecular weight excluding hydrogens is 307 g/mol. The van der Waals surface area contributed by atoms with Crippen molar-refractivity contribution < 1.29 is 14.0 Å². The molecule has 2 N–H and O–H groups in total. The van der Waals surface area contributed by atoms with Crippen molar-refractivity contribution in [2.45, 2.75) is 19.8 Å². The zero-order chi connectivity index (χ0) is 17.1. The van der Waals surface area contributed by atoms with E-state index < -0.39 is 5.82 Å². The SMILES string of the molecule is CC1CC1C(=O)Nc1ccc(F)c(NC(=O)Cc2ccccc2)c1. The van der Waals surface area contributed by atoms with Crippen molar-refractivity contribution in [2.75, 3.05) is 10.6 Å². The molecule has 1 fully saturated rings. The fourth-order valence-electron chi connectivity index (χ4n) is 2.60. The van der Waals surface area contributed by atoms with Crippen molar-refractivity contribution in [2.24, 2.45) is 11.8 Å². The van der Waals surface area contributed by atoms with E-state index in [0.717, 1.165) is 12.0 Å². The standard InChI is InChI=1S/C19H19FN2O2/c1-12-9-15(12)19(24)21-14-7-8-16(20)17(11-14)22-18(23)10-13-5-3-2-4-6-13/h2-8,11-12,15H,9-10H2,1H3,(H,21,24)(H,22,23). The molecule has 5 heteroatoms. The molecule has 0 bridgehead atoms. The third-order valence-corrected chi connectivity index (χ3v) is 4.16. The van der Waals surface area contributed by atoms with Crippen LogP contribution in [0.4, 0.5) is 15.8 Å². The summed E-state index contributed by atoms with van der Waals surface area (Å²) >= 11 is 0. The highest BCUT2D eigenvalue weighted by Crippen LogP contribution is 2.38. The summed E-state index contributed by atoms with van der Waals surface area (Å²) in [6.07, 6.45) is 1.05.